The number of hydrogen-bond acceptors (Lipinski definition) is 5. The average molecular weight is 404 g/mol. The van der Waals surface area contributed by atoms with E-state index in [9.17, 15) is 9.59 Å². The number of carbonyl (C=O) groups is 2. The number of carbonyl (C=O) groups excluding carboxylic acids is 2. The van der Waals surface area contributed by atoms with Crippen LogP contribution in [-0.4, -0.2) is 24.5 Å². The summed E-state index contributed by atoms with van der Waals surface area (Å²) in [6.45, 7) is 4.45. The zero-order chi connectivity index (χ0) is 21.3. The second-order valence-electron chi connectivity index (χ2n) is 6.67. The van der Waals surface area contributed by atoms with E-state index < -0.39 is 12.1 Å². The van der Waals surface area contributed by atoms with Crippen molar-refractivity contribution in [3.63, 3.8) is 0 Å². The Labute approximate surface area is 176 Å². The minimum absolute atomic E-state index is 0.269. The molecule has 0 aliphatic carbocycles. The topological polar surface area (TPSA) is 61.8 Å². The molecule has 0 aliphatic heterocycles. The summed E-state index contributed by atoms with van der Waals surface area (Å²) in [6.07, 6.45) is -0.899. The van der Waals surface area contributed by atoms with Crippen molar-refractivity contribution in [2.24, 2.45) is 0 Å². The summed E-state index contributed by atoms with van der Waals surface area (Å²) in [5, 5.41) is 0. The van der Waals surface area contributed by atoms with Gasteiger partial charge in [-0.2, -0.15) is 0 Å². The second-order valence-corrected chi connectivity index (χ2v) is 6.67. The predicted molar refractivity (Wildman–Crippen MR) is 114 cm³/mol. The van der Waals surface area contributed by atoms with Crippen molar-refractivity contribution in [1.29, 1.82) is 0 Å². The standard InChI is InChI=1S/C25H24O5/c1-3-28-22-13-9-20(10-14-22)24(26)18(2)30-25(27)21-11-15-23(16-12-21)29-17-19-7-5-4-6-8-19/h4-16,18H,3,17H2,1-2H3/t18-/m0/s1. The maximum atomic E-state index is 12.5. The van der Waals surface area contributed by atoms with E-state index in [-0.39, 0.29) is 5.78 Å². The van der Waals surface area contributed by atoms with Gasteiger partial charge < -0.3 is 14.2 Å². The Morgan fingerprint density at radius 2 is 1.33 bits per heavy atom. The van der Waals surface area contributed by atoms with Crippen LogP contribution in [0.2, 0.25) is 0 Å². The summed E-state index contributed by atoms with van der Waals surface area (Å²) < 4.78 is 16.4. The highest BCUT2D eigenvalue weighted by atomic mass is 16.5. The predicted octanol–water partition coefficient (Wildman–Crippen LogP) is 5.09. The van der Waals surface area contributed by atoms with E-state index >= 15 is 0 Å². The molecule has 3 rings (SSSR count). The molecule has 0 unspecified atom stereocenters. The molecule has 0 bridgehead atoms. The molecule has 0 N–H and O–H groups in total. The van der Waals surface area contributed by atoms with Crippen molar-refractivity contribution in [1.82, 2.24) is 0 Å². The Bertz CT molecular complexity index is 963. The lowest BCUT2D eigenvalue weighted by Crippen LogP contribution is -2.24. The van der Waals surface area contributed by atoms with Gasteiger partial charge in [-0.25, -0.2) is 4.79 Å². The van der Waals surface area contributed by atoms with Crippen molar-refractivity contribution in [2.45, 2.75) is 26.6 Å². The van der Waals surface area contributed by atoms with Gasteiger partial charge in [0.1, 0.15) is 18.1 Å². The van der Waals surface area contributed by atoms with Crippen LogP contribution in [-0.2, 0) is 11.3 Å². The zero-order valence-corrected chi connectivity index (χ0v) is 17.0. The maximum Gasteiger partial charge on any atom is 0.338 e. The van der Waals surface area contributed by atoms with Crippen LogP contribution in [0.25, 0.3) is 0 Å². The zero-order valence-electron chi connectivity index (χ0n) is 17.0. The van der Waals surface area contributed by atoms with Crippen LogP contribution in [0.4, 0.5) is 0 Å². The summed E-state index contributed by atoms with van der Waals surface area (Å²) in [7, 11) is 0. The lowest BCUT2D eigenvalue weighted by molar-refractivity contribution is 0.0318. The van der Waals surface area contributed by atoms with Crippen LogP contribution < -0.4 is 9.47 Å². The van der Waals surface area contributed by atoms with E-state index in [1.165, 1.54) is 0 Å². The number of esters is 1. The molecule has 0 saturated carbocycles. The maximum absolute atomic E-state index is 12.5. The van der Waals surface area contributed by atoms with Gasteiger partial charge in [-0.15, -0.1) is 0 Å². The molecule has 0 saturated heterocycles. The van der Waals surface area contributed by atoms with Gasteiger partial charge in [0, 0.05) is 5.56 Å². The van der Waals surface area contributed by atoms with Crippen LogP contribution in [0.15, 0.2) is 78.9 Å². The fourth-order valence-corrected chi connectivity index (χ4v) is 2.83. The number of ether oxygens (including phenoxy) is 3. The molecule has 0 spiro atoms. The highest BCUT2D eigenvalue weighted by molar-refractivity contribution is 6.01. The van der Waals surface area contributed by atoms with Gasteiger partial charge in [-0.3, -0.25) is 4.79 Å². The van der Waals surface area contributed by atoms with Gasteiger partial charge in [0.05, 0.1) is 12.2 Å². The molecule has 0 aromatic heterocycles. The van der Waals surface area contributed by atoms with Gasteiger partial charge in [-0.1, -0.05) is 30.3 Å². The highest BCUT2D eigenvalue weighted by Crippen LogP contribution is 2.17. The van der Waals surface area contributed by atoms with E-state index in [4.69, 9.17) is 14.2 Å². The number of benzene rings is 3. The Hall–Kier alpha value is -3.60. The molecular weight excluding hydrogens is 380 g/mol. The van der Waals surface area contributed by atoms with Gasteiger partial charge in [0.15, 0.2) is 6.10 Å². The summed E-state index contributed by atoms with van der Waals surface area (Å²) in [5.74, 6) is 0.507. The van der Waals surface area contributed by atoms with Crippen LogP contribution >= 0.6 is 0 Å². The van der Waals surface area contributed by atoms with Gasteiger partial charge in [0.2, 0.25) is 5.78 Å². The number of rotatable bonds is 9. The van der Waals surface area contributed by atoms with Crippen molar-refractivity contribution in [3.8, 4) is 11.5 Å². The molecule has 3 aromatic rings. The van der Waals surface area contributed by atoms with Crippen LogP contribution in [0.1, 0.15) is 40.1 Å². The third kappa shape index (κ3) is 5.70. The Morgan fingerprint density at radius 3 is 1.93 bits per heavy atom. The number of hydrogen-bond donors (Lipinski definition) is 0. The fraction of sp³-hybridized carbons (Fsp3) is 0.200. The quantitative estimate of drug-likeness (QED) is 0.367. The van der Waals surface area contributed by atoms with E-state index in [0.29, 0.717) is 35.8 Å². The van der Waals surface area contributed by atoms with Crippen LogP contribution in [0.3, 0.4) is 0 Å². The smallest absolute Gasteiger partial charge is 0.338 e. The first-order chi connectivity index (χ1) is 14.6. The summed E-state index contributed by atoms with van der Waals surface area (Å²) in [4.78, 5) is 24.9. The first-order valence-corrected chi connectivity index (χ1v) is 9.81. The normalized spacial score (nSPS) is 11.4. The van der Waals surface area contributed by atoms with E-state index in [2.05, 4.69) is 0 Å². The second kappa shape index (κ2) is 10.3. The highest BCUT2D eigenvalue weighted by Gasteiger charge is 2.20. The van der Waals surface area contributed by atoms with Crippen molar-refractivity contribution in [3.05, 3.63) is 95.6 Å². The Morgan fingerprint density at radius 1 is 0.767 bits per heavy atom. The molecule has 0 heterocycles. The molecule has 30 heavy (non-hydrogen) atoms. The molecule has 3 aromatic carbocycles. The molecule has 154 valence electrons. The van der Waals surface area contributed by atoms with Crippen LogP contribution in [0, 0.1) is 0 Å². The molecular formula is C25H24O5. The minimum Gasteiger partial charge on any atom is -0.494 e. The third-order valence-electron chi connectivity index (χ3n) is 4.44. The first kappa shape index (κ1) is 21.1. The largest absolute Gasteiger partial charge is 0.494 e. The summed E-state index contributed by atoms with van der Waals surface area (Å²) in [6, 6.07) is 23.2. The molecule has 0 amide bonds. The average Bonchev–Trinajstić information content (AvgIpc) is 2.79. The number of Topliss-reactive ketones (excluding diaryl/α,β-unsaturated/α-hetero) is 1. The molecule has 0 aliphatic rings. The SMILES string of the molecule is CCOc1ccc(C(=O)[C@H](C)OC(=O)c2ccc(OCc3ccccc3)cc2)cc1. The molecule has 5 heteroatoms. The third-order valence-corrected chi connectivity index (χ3v) is 4.44. The molecule has 0 fully saturated rings. The first-order valence-electron chi connectivity index (χ1n) is 9.81. The monoisotopic (exact) mass is 404 g/mol. The Balaban J connectivity index is 1.54. The lowest BCUT2D eigenvalue weighted by Gasteiger charge is -2.13. The summed E-state index contributed by atoms with van der Waals surface area (Å²) >= 11 is 0. The van der Waals surface area contributed by atoms with Gasteiger partial charge >= 0.3 is 5.97 Å². The molecule has 5 nitrogen and oxygen atoms in total. The number of ketones is 1. The minimum atomic E-state index is -0.899. The Kier molecular flexibility index (Phi) is 7.22. The van der Waals surface area contributed by atoms with Gasteiger partial charge in [-0.05, 0) is 67.9 Å². The molecule has 1 atom stereocenters. The van der Waals surface area contributed by atoms with E-state index in [1.807, 2.05) is 37.3 Å². The van der Waals surface area contributed by atoms with Crippen LogP contribution in [0.5, 0.6) is 11.5 Å². The fourth-order valence-electron chi connectivity index (χ4n) is 2.83. The van der Waals surface area contributed by atoms with Crippen molar-refractivity contribution < 1.29 is 23.8 Å². The van der Waals surface area contributed by atoms with Crippen molar-refractivity contribution >= 4 is 11.8 Å². The van der Waals surface area contributed by atoms with Gasteiger partial charge in [0.25, 0.3) is 0 Å². The summed E-state index contributed by atoms with van der Waals surface area (Å²) in [5.41, 5.74) is 1.87. The van der Waals surface area contributed by atoms with E-state index in [1.54, 1.807) is 55.5 Å². The van der Waals surface area contributed by atoms with Crippen molar-refractivity contribution in [2.75, 3.05) is 6.61 Å². The van der Waals surface area contributed by atoms with E-state index in [0.717, 1.165) is 5.56 Å². The lowest BCUT2D eigenvalue weighted by atomic mass is 10.1. The molecule has 0 radical (unpaired) electrons.